The van der Waals surface area contributed by atoms with Crippen LogP contribution in [0.5, 0.6) is 0 Å². The molecule has 3 rings (SSSR count). The Balaban J connectivity index is 1.59. The van der Waals surface area contributed by atoms with Crippen LogP contribution in [-0.2, 0) is 13.0 Å². The Morgan fingerprint density at radius 2 is 2.32 bits per heavy atom. The van der Waals surface area contributed by atoms with Gasteiger partial charge in [-0.1, -0.05) is 6.07 Å². The zero-order chi connectivity index (χ0) is 13.1. The van der Waals surface area contributed by atoms with E-state index in [2.05, 4.69) is 14.9 Å². The Morgan fingerprint density at radius 1 is 1.37 bits per heavy atom. The van der Waals surface area contributed by atoms with Gasteiger partial charge in [-0.25, -0.2) is 0 Å². The molecule has 2 aromatic heterocycles. The number of aromatic nitrogens is 2. The van der Waals surface area contributed by atoms with Gasteiger partial charge < -0.3 is 5.11 Å². The van der Waals surface area contributed by atoms with Crippen LogP contribution in [0.1, 0.15) is 10.6 Å². The van der Waals surface area contributed by atoms with Crippen LogP contribution in [0, 0.1) is 5.92 Å². The van der Waals surface area contributed by atoms with Crippen LogP contribution in [0.4, 0.5) is 0 Å². The number of pyridine rings is 1. The number of hydrogen-bond donors (Lipinski definition) is 1. The predicted octanol–water partition coefficient (Wildman–Crippen LogP) is 1.57. The standard InChI is InChI=1S/C14H17N3OS/c18-14-9-17(8-13-6-15-10-19-13)7-11(14)5-12-3-1-2-4-16-12/h1-4,6,10-11,14,18H,5,7-9H2/t11-,14-/m1/s1. The van der Waals surface area contributed by atoms with Crippen molar-refractivity contribution >= 4 is 11.3 Å². The van der Waals surface area contributed by atoms with Crippen molar-refractivity contribution in [2.75, 3.05) is 13.1 Å². The van der Waals surface area contributed by atoms with Gasteiger partial charge in [-0.15, -0.1) is 11.3 Å². The van der Waals surface area contributed by atoms with E-state index in [1.165, 1.54) is 4.88 Å². The molecular weight excluding hydrogens is 258 g/mol. The Labute approximate surface area is 116 Å². The van der Waals surface area contributed by atoms with E-state index in [1.807, 2.05) is 36.1 Å². The van der Waals surface area contributed by atoms with Gasteiger partial charge in [0.25, 0.3) is 0 Å². The number of β-amino-alcohol motifs (C(OH)–C–C–N with tert-alkyl or cyclic N) is 1. The first-order valence-corrected chi connectivity index (χ1v) is 7.37. The fourth-order valence-corrected chi connectivity index (χ4v) is 3.24. The van der Waals surface area contributed by atoms with Gasteiger partial charge in [-0.3, -0.25) is 14.9 Å². The third-order valence-electron chi connectivity index (χ3n) is 3.54. The van der Waals surface area contributed by atoms with Crippen LogP contribution >= 0.6 is 11.3 Å². The fourth-order valence-electron chi connectivity index (χ4n) is 2.60. The molecule has 1 N–H and O–H groups in total. The first-order chi connectivity index (χ1) is 9.31. The number of hydrogen-bond acceptors (Lipinski definition) is 5. The molecular formula is C14H17N3OS. The Morgan fingerprint density at radius 3 is 3.05 bits per heavy atom. The largest absolute Gasteiger partial charge is 0.391 e. The molecule has 3 heterocycles. The molecule has 2 aromatic rings. The van der Waals surface area contributed by atoms with Gasteiger partial charge >= 0.3 is 0 Å². The fraction of sp³-hybridized carbons (Fsp3) is 0.429. The van der Waals surface area contributed by atoms with Crippen molar-refractivity contribution < 1.29 is 5.11 Å². The number of likely N-dealkylation sites (tertiary alicyclic amines) is 1. The average molecular weight is 275 g/mol. The summed E-state index contributed by atoms with van der Waals surface area (Å²) in [5.74, 6) is 0.280. The zero-order valence-electron chi connectivity index (χ0n) is 10.6. The van der Waals surface area contributed by atoms with Crippen molar-refractivity contribution in [1.82, 2.24) is 14.9 Å². The van der Waals surface area contributed by atoms with Gasteiger partial charge in [0.05, 0.1) is 11.6 Å². The predicted molar refractivity (Wildman–Crippen MR) is 74.8 cm³/mol. The molecule has 0 bridgehead atoms. The van der Waals surface area contributed by atoms with Crippen LogP contribution < -0.4 is 0 Å². The van der Waals surface area contributed by atoms with Crippen molar-refractivity contribution in [1.29, 1.82) is 0 Å². The smallest absolute Gasteiger partial charge is 0.0794 e. The molecule has 0 unspecified atom stereocenters. The molecule has 0 spiro atoms. The monoisotopic (exact) mass is 275 g/mol. The summed E-state index contributed by atoms with van der Waals surface area (Å²) in [7, 11) is 0. The molecule has 2 atom stereocenters. The molecule has 0 aliphatic carbocycles. The van der Waals surface area contributed by atoms with Crippen molar-refractivity contribution in [3.63, 3.8) is 0 Å². The summed E-state index contributed by atoms with van der Waals surface area (Å²) in [5.41, 5.74) is 2.92. The third-order valence-corrected chi connectivity index (χ3v) is 4.31. The zero-order valence-corrected chi connectivity index (χ0v) is 11.5. The molecule has 0 aromatic carbocycles. The molecule has 1 aliphatic rings. The number of aliphatic hydroxyl groups is 1. The van der Waals surface area contributed by atoms with E-state index in [1.54, 1.807) is 11.3 Å². The highest BCUT2D eigenvalue weighted by molar-refractivity contribution is 7.09. The second-order valence-electron chi connectivity index (χ2n) is 5.01. The minimum Gasteiger partial charge on any atom is -0.391 e. The van der Waals surface area contributed by atoms with Crippen molar-refractivity contribution in [2.24, 2.45) is 5.92 Å². The molecule has 1 aliphatic heterocycles. The summed E-state index contributed by atoms with van der Waals surface area (Å²) in [6.07, 6.45) is 4.31. The normalized spacial score (nSPS) is 23.8. The molecule has 0 saturated carbocycles. The van der Waals surface area contributed by atoms with Gasteiger partial charge in [0.1, 0.15) is 0 Å². The summed E-state index contributed by atoms with van der Waals surface area (Å²) in [5, 5.41) is 10.2. The lowest BCUT2D eigenvalue weighted by molar-refractivity contribution is 0.140. The molecule has 0 amide bonds. The van der Waals surface area contributed by atoms with E-state index < -0.39 is 0 Å². The minimum absolute atomic E-state index is 0.255. The quantitative estimate of drug-likeness (QED) is 0.920. The van der Waals surface area contributed by atoms with Gasteiger partial charge in [-0.2, -0.15) is 0 Å². The maximum absolute atomic E-state index is 10.2. The first kappa shape index (κ1) is 12.7. The van der Waals surface area contributed by atoms with Gasteiger partial charge in [0, 0.05) is 48.5 Å². The first-order valence-electron chi connectivity index (χ1n) is 6.49. The molecule has 100 valence electrons. The Hall–Kier alpha value is -1.30. The Bertz CT molecular complexity index is 503. The van der Waals surface area contributed by atoms with Crippen LogP contribution in [0.2, 0.25) is 0 Å². The summed E-state index contributed by atoms with van der Waals surface area (Å²) in [4.78, 5) is 12.0. The Kier molecular flexibility index (Phi) is 3.87. The summed E-state index contributed by atoms with van der Waals surface area (Å²) >= 11 is 1.67. The molecule has 1 saturated heterocycles. The van der Waals surface area contributed by atoms with Crippen LogP contribution in [0.3, 0.4) is 0 Å². The van der Waals surface area contributed by atoms with E-state index in [0.29, 0.717) is 0 Å². The van der Waals surface area contributed by atoms with E-state index >= 15 is 0 Å². The lowest BCUT2D eigenvalue weighted by atomic mass is 10.00. The lowest BCUT2D eigenvalue weighted by Gasteiger charge is -2.14. The van der Waals surface area contributed by atoms with E-state index in [9.17, 15) is 5.11 Å². The highest BCUT2D eigenvalue weighted by atomic mass is 32.1. The maximum Gasteiger partial charge on any atom is 0.0794 e. The summed E-state index contributed by atoms with van der Waals surface area (Å²) < 4.78 is 0. The van der Waals surface area contributed by atoms with Gasteiger partial charge in [0.2, 0.25) is 0 Å². The van der Waals surface area contributed by atoms with Gasteiger partial charge in [-0.05, 0) is 18.6 Å². The highest BCUT2D eigenvalue weighted by Gasteiger charge is 2.31. The van der Waals surface area contributed by atoms with Crippen LogP contribution in [-0.4, -0.2) is 39.2 Å². The van der Waals surface area contributed by atoms with E-state index in [4.69, 9.17) is 0 Å². The lowest BCUT2D eigenvalue weighted by Crippen LogP contribution is -2.20. The van der Waals surface area contributed by atoms with Crippen molar-refractivity contribution in [2.45, 2.75) is 19.1 Å². The second-order valence-corrected chi connectivity index (χ2v) is 5.99. The number of aliphatic hydroxyl groups excluding tert-OH is 1. The van der Waals surface area contributed by atoms with Crippen LogP contribution in [0.15, 0.2) is 36.1 Å². The van der Waals surface area contributed by atoms with Gasteiger partial charge in [0.15, 0.2) is 0 Å². The maximum atomic E-state index is 10.2. The highest BCUT2D eigenvalue weighted by Crippen LogP contribution is 2.23. The molecule has 5 heteroatoms. The number of thiazole rings is 1. The van der Waals surface area contributed by atoms with Crippen molar-refractivity contribution in [3.8, 4) is 0 Å². The van der Waals surface area contributed by atoms with Crippen molar-refractivity contribution in [3.05, 3.63) is 46.7 Å². The van der Waals surface area contributed by atoms with E-state index in [-0.39, 0.29) is 12.0 Å². The molecule has 4 nitrogen and oxygen atoms in total. The minimum atomic E-state index is -0.255. The number of nitrogens with zero attached hydrogens (tertiary/aromatic N) is 3. The summed E-state index contributed by atoms with van der Waals surface area (Å²) in [6, 6.07) is 5.95. The topological polar surface area (TPSA) is 49.2 Å². The van der Waals surface area contributed by atoms with E-state index in [0.717, 1.165) is 31.7 Å². The third kappa shape index (κ3) is 3.18. The molecule has 19 heavy (non-hydrogen) atoms. The SMILES string of the molecule is O[C@@H]1CN(Cc2cncs2)C[C@H]1Cc1ccccn1. The average Bonchev–Trinajstić information content (AvgIpc) is 3.02. The second kappa shape index (κ2) is 5.77. The van der Waals surface area contributed by atoms with Crippen LogP contribution in [0.25, 0.3) is 0 Å². The molecule has 1 fully saturated rings. The summed E-state index contributed by atoms with van der Waals surface area (Å²) in [6.45, 7) is 2.56. The number of rotatable bonds is 4. The molecule has 0 radical (unpaired) electrons.